The molecule has 0 N–H and O–H groups in total. The fourth-order valence-corrected chi connectivity index (χ4v) is 3.47. The van der Waals surface area contributed by atoms with Gasteiger partial charge in [-0.1, -0.05) is 37.1 Å². The van der Waals surface area contributed by atoms with Gasteiger partial charge in [-0.05, 0) is 37.8 Å². The number of carbonyl (C=O) groups excluding carboxylic acids is 1. The van der Waals surface area contributed by atoms with Gasteiger partial charge in [0.05, 0.1) is 10.3 Å². The van der Waals surface area contributed by atoms with Crippen molar-refractivity contribution < 1.29 is 13.2 Å². The molecule has 0 spiro atoms. The fraction of sp³-hybridized carbons (Fsp3) is 0.562. The Kier molecular flexibility index (Phi) is 4.09. The van der Waals surface area contributed by atoms with Gasteiger partial charge in [-0.2, -0.15) is 4.99 Å². The number of nitrogens with zero attached hydrogens (tertiary/aromatic N) is 1. The third kappa shape index (κ3) is 2.81. The summed E-state index contributed by atoms with van der Waals surface area (Å²) < 4.78 is 22.9. The molecule has 5 heteroatoms. The van der Waals surface area contributed by atoms with E-state index in [0.717, 1.165) is 36.8 Å². The zero-order chi connectivity index (χ0) is 15.7. The van der Waals surface area contributed by atoms with Crippen LogP contribution in [-0.2, 0) is 24.9 Å². The number of hydrogen-bond donors (Lipinski definition) is 0. The summed E-state index contributed by atoms with van der Waals surface area (Å²) in [5.41, 5.74) is 1.25. The number of rotatable bonds is 4. The lowest BCUT2D eigenvalue weighted by Gasteiger charge is -2.26. The van der Waals surface area contributed by atoms with Crippen LogP contribution in [0, 0.1) is 0 Å². The lowest BCUT2D eigenvalue weighted by Crippen LogP contribution is -2.28. The predicted molar refractivity (Wildman–Crippen MR) is 82.6 cm³/mol. The monoisotopic (exact) mass is 307 g/mol. The maximum atomic E-state index is 11.9. The van der Waals surface area contributed by atoms with Crippen molar-refractivity contribution in [2.24, 2.45) is 4.99 Å². The van der Waals surface area contributed by atoms with Gasteiger partial charge in [0.1, 0.15) is 0 Å². The highest BCUT2D eigenvalue weighted by Gasteiger charge is 2.37. The number of isocyanates is 1. The molecule has 4 nitrogen and oxygen atoms in total. The van der Waals surface area contributed by atoms with Crippen molar-refractivity contribution in [3.05, 3.63) is 35.4 Å². The normalized spacial score (nSPS) is 18.2. The van der Waals surface area contributed by atoms with E-state index in [1.54, 1.807) is 19.9 Å². The third-order valence-corrected chi connectivity index (χ3v) is 6.82. The Morgan fingerprint density at radius 3 is 2.10 bits per heavy atom. The Morgan fingerprint density at radius 2 is 1.67 bits per heavy atom. The third-order valence-electron chi connectivity index (χ3n) is 4.73. The van der Waals surface area contributed by atoms with Crippen LogP contribution in [0.4, 0.5) is 0 Å². The second-order valence-electron chi connectivity index (χ2n) is 6.30. The highest BCUT2D eigenvalue weighted by molar-refractivity contribution is 7.91. The quantitative estimate of drug-likeness (QED) is 0.634. The summed E-state index contributed by atoms with van der Waals surface area (Å²) in [5, 5.41) is 0. The molecular weight excluding hydrogens is 286 g/mol. The Bertz CT molecular complexity index is 662. The average Bonchev–Trinajstić information content (AvgIpc) is 2.88. The van der Waals surface area contributed by atoms with Gasteiger partial charge in [0.2, 0.25) is 6.08 Å². The standard InChI is InChI=1S/C16H21NO3S/c1-15(2,21(3,19)20)13-6-8-14(9-7-13)16(17-12-18)10-4-5-11-16/h6-9H,4-5,10-11H2,1-3H3. The first-order chi connectivity index (χ1) is 9.73. The van der Waals surface area contributed by atoms with Crippen molar-refractivity contribution in [2.45, 2.75) is 49.8 Å². The highest BCUT2D eigenvalue weighted by atomic mass is 32.2. The smallest absolute Gasteiger partial charge is 0.228 e. The van der Waals surface area contributed by atoms with Crippen LogP contribution in [0.15, 0.2) is 29.3 Å². The van der Waals surface area contributed by atoms with E-state index in [9.17, 15) is 13.2 Å². The van der Waals surface area contributed by atoms with E-state index >= 15 is 0 Å². The van der Waals surface area contributed by atoms with Crippen molar-refractivity contribution in [1.82, 2.24) is 0 Å². The minimum Gasteiger partial charge on any atom is -0.228 e. The number of hydrogen-bond acceptors (Lipinski definition) is 4. The van der Waals surface area contributed by atoms with Crippen LogP contribution >= 0.6 is 0 Å². The van der Waals surface area contributed by atoms with E-state index in [4.69, 9.17) is 0 Å². The van der Waals surface area contributed by atoms with Crippen LogP contribution in [0.5, 0.6) is 0 Å². The van der Waals surface area contributed by atoms with Crippen LogP contribution in [0.2, 0.25) is 0 Å². The number of sulfone groups is 1. The van der Waals surface area contributed by atoms with Gasteiger partial charge in [0.15, 0.2) is 9.84 Å². The molecule has 1 aliphatic carbocycles. The summed E-state index contributed by atoms with van der Waals surface area (Å²) in [4.78, 5) is 14.8. The van der Waals surface area contributed by atoms with Crippen molar-refractivity contribution in [3.63, 3.8) is 0 Å². The van der Waals surface area contributed by atoms with Gasteiger partial charge >= 0.3 is 0 Å². The van der Waals surface area contributed by atoms with Crippen LogP contribution < -0.4 is 0 Å². The van der Waals surface area contributed by atoms with E-state index in [1.165, 1.54) is 6.26 Å². The molecule has 0 heterocycles. The summed E-state index contributed by atoms with van der Waals surface area (Å²) in [6.45, 7) is 3.40. The Morgan fingerprint density at radius 1 is 1.14 bits per heavy atom. The molecule has 1 aromatic carbocycles. The van der Waals surface area contributed by atoms with Gasteiger partial charge in [-0.15, -0.1) is 0 Å². The minimum absolute atomic E-state index is 0.463. The summed E-state index contributed by atoms with van der Waals surface area (Å²) in [7, 11) is -3.20. The fourth-order valence-electron chi connectivity index (χ4n) is 2.91. The molecule has 1 saturated carbocycles. The summed E-state index contributed by atoms with van der Waals surface area (Å²) in [6.07, 6.45) is 6.72. The SMILES string of the molecule is CC(C)(c1ccc(C2(N=C=O)CCCC2)cc1)S(C)(=O)=O. The number of aliphatic imine (C=N–C) groups is 1. The molecular formula is C16H21NO3S. The first-order valence-electron chi connectivity index (χ1n) is 7.13. The summed E-state index contributed by atoms with van der Waals surface area (Å²) >= 11 is 0. The van der Waals surface area contributed by atoms with Gasteiger partial charge in [-0.25, -0.2) is 13.2 Å². The first kappa shape index (κ1) is 15.9. The Hall–Kier alpha value is -1.45. The average molecular weight is 307 g/mol. The van der Waals surface area contributed by atoms with Crippen molar-refractivity contribution in [3.8, 4) is 0 Å². The predicted octanol–water partition coefficient (Wildman–Crippen LogP) is 3.07. The lowest BCUT2D eigenvalue weighted by molar-refractivity contribution is 0.455. The second kappa shape index (κ2) is 5.39. The molecule has 0 amide bonds. The van der Waals surface area contributed by atoms with Gasteiger partial charge in [-0.3, -0.25) is 0 Å². The molecule has 0 aromatic heterocycles. The van der Waals surface area contributed by atoms with Crippen LogP contribution in [-0.4, -0.2) is 20.8 Å². The molecule has 2 rings (SSSR count). The molecule has 0 bridgehead atoms. The second-order valence-corrected chi connectivity index (χ2v) is 8.87. The molecule has 114 valence electrons. The molecule has 1 aliphatic rings. The Labute approximate surface area is 126 Å². The van der Waals surface area contributed by atoms with Crippen molar-refractivity contribution >= 4 is 15.9 Å². The molecule has 0 aliphatic heterocycles. The first-order valence-corrected chi connectivity index (χ1v) is 9.02. The van der Waals surface area contributed by atoms with Crippen LogP contribution in [0.3, 0.4) is 0 Å². The number of benzene rings is 1. The van der Waals surface area contributed by atoms with Gasteiger partial charge in [0, 0.05) is 6.26 Å². The van der Waals surface area contributed by atoms with Crippen molar-refractivity contribution in [2.75, 3.05) is 6.26 Å². The van der Waals surface area contributed by atoms with E-state index < -0.39 is 20.1 Å². The summed E-state index contributed by atoms with van der Waals surface area (Å²) in [5.74, 6) is 0. The van der Waals surface area contributed by atoms with E-state index in [-0.39, 0.29) is 0 Å². The topological polar surface area (TPSA) is 63.6 Å². The van der Waals surface area contributed by atoms with E-state index in [0.29, 0.717) is 0 Å². The minimum atomic E-state index is -3.20. The van der Waals surface area contributed by atoms with Gasteiger partial charge in [0.25, 0.3) is 0 Å². The maximum Gasteiger partial charge on any atom is 0.235 e. The summed E-state index contributed by atoms with van der Waals surface area (Å²) in [6, 6.07) is 7.45. The maximum absolute atomic E-state index is 11.9. The van der Waals surface area contributed by atoms with E-state index in [1.807, 2.05) is 24.3 Å². The molecule has 1 aromatic rings. The van der Waals surface area contributed by atoms with E-state index in [2.05, 4.69) is 4.99 Å². The molecule has 0 atom stereocenters. The molecule has 0 saturated heterocycles. The zero-order valence-corrected chi connectivity index (χ0v) is 13.5. The molecule has 1 fully saturated rings. The molecule has 0 radical (unpaired) electrons. The highest BCUT2D eigenvalue weighted by Crippen LogP contribution is 2.42. The molecule has 21 heavy (non-hydrogen) atoms. The molecule has 0 unspecified atom stereocenters. The van der Waals surface area contributed by atoms with Crippen LogP contribution in [0.1, 0.15) is 50.7 Å². The lowest BCUT2D eigenvalue weighted by atomic mass is 9.87. The largest absolute Gasteiger partial charge is 0.235 e. The van der Waals surface area contributed by atoms with Gasteiger partial charge < -0.3 is 0 Å². The van der Waals surface area contributed by atoms with Crippen molar-refractivity contribution in [1.29, 1.82) is 0 Å². The zero-order valence-electron chi connectivity index (χ0n) is 12.7. The Balaban J connectivity index is 2.42. The van der Waals surface area contributed by atoms with Crippen LogP contribution in [0.25, 0.3) is 0 Å².